The van der Waals surface area contributed by atoms with E-state index in [1.807, 2.05) is 0 Å². The third-order valence-electron chi connectivity index (χ3n) is 4.63. The molecule has 0 radical (unpaired) electrons. The molecular weight excluding hydrogens is 328 g/mol. The summed E-state index contributed by atoms with van der Waals surface area (Å²) in [7, 11) is 0. The van der Waals surface area contributed by atoms with Crippen molar-refractivity contribution in [2.45, 2.75) is 62.0 Å². The van der Waals surface area contributed by atoms with Gasteiger partial charge in [0.2, 0.25) is 0 Å². The molecule has 142 valence electrons. The minimum absolute atomic E-state index is 0.483. The van der Waals surface area contributed by atoms with Crippen molar-refractivity contribution in [2.75, 3.05) is 19.8 Å². The van der Waals surface area contributed by atoms with Gasteiger partial charge in [0.25, 0.3) is 0 Å². The van der Waals surface area contributed by atoms with Crippen LogP contribution in [0.15, 0.2) is 0 Å². The van der Waals surface area contributed by atoms with E-state index in [0.29, 0.717) is 0 Å². The molecule has 10 nitrogen and oxygen atoms in total. The van der Waals surface area contributed by atoms with Gasteiger partial charge >= 0.3 is 0 Å². The number of hydrogen-bond donors (Lipinski definition) is 7. The van der Waals surface area contributed by atoms with Gasteiger partial charge in [-0.2, -0.15) is 0 Å². The molecule has 0 amide bonds. The van der Waals surface area contributed by atoms with Gasteiger partial charge < -0.3 is 50.0 Å². The van der Waals surface area contributed by atoms with Crippen molar-refractivity contribution in [2.24, 2.45) is 5.92 Å². The van der Waals surface area contributed by atoms with Crippen LogP contribution in [0.4, 0.5) is 0 Å². The van der Waals surface area contributed by atoms with Crippen LogP contribution >= 0.6 is 0 Å². The summed E-state index contributed by atoms with van der Waals surface area (Å²) < 4.78 is 16.2. The SMILES string of the molecule is CC1OC(CO)[C@@H](O)[C@H](O)C1O[C@H]1OC(CO)[C@@H](O)[C@H](CO)C1O. The molecule has 7 N–H and O–H groups in total. The summed E-state index contributed by atoms with van der Waals surface area (Å²) in [6, 6.07) is 0. The lowest BCUT2D eigenvalue weighted by atomic mass is 9.89. The number of aliphatic hydroxyl groups is 7. The van der Waals surface area contributed by atoms with E-state index in [1.165, 1.54) is 0 Å². The van der Waals surface area contributed by atoms with Gasteiger partial charge in [-0.15, -0.1) is 0 Å². The first kappa shape index (κ1) is 19.9. The van der Waals surface area contributed by atoms with E-state index in [4.69, 9.17) is 19.3 Å². The Bertz CT molecular complexity index is 396. The quantitative estimate of drug-likeness (QED) is 0.258. The van der Waals surface area contributed by atoms with Crippen molar-refractivity contribution in [1.82, 2.24) is 0 Å². The highest BCUT2D eigenvalue weighted by molar-refractivity contribution is 4.94. The van der Waals surface area contributed by atoms with Gasteiger partial charge in [0.15, 0.2) is 6.29 Å². The lowest BCUT2D eigenvalue weighted by molar-refractivity contribution is -0.335. The molecule has 2 heterocycles. The zero-order chi connectivity index (χ0) is 18.0. The van der Waals surface area contributed by atoms with Crippen LogP contribution in [-0.2, 0) is 14.2 Å². The van der Waals surface area contributed by atoms with Crippen LogP contribution in [0.2, 0.25) is 0 Å². The fourth-order valence-corrected chi connectivity index (χ4v) is 3.12. The van der Waals surface area contributed by atoms with Gasteiger partial charge in [-0.3, -0.25) is 0 Å². The van der Waals surface area contributed by atoms with Gasteiger partial charge in [-0.05, 0) is 6.92 Å². The topological polar surface area (TPSA) is 169 Å². The summed E-state index contributed by atoms with van der Waals surface area (Å²) in [6.45, 7) is -0.0436. The Labute approximate surface area is 138 Å². The molecule has 10 atom stereocenters. The van der Waals surface area contributed by atoms with Crippen LogP contribution < -0.4 is 0 Å². The third kappa shape index (κ3) is 3.73. The maximum absolute atomic E-state index is 10.2. The van der Waals surface area contributed by atoms with Crippen molar-refractivity contribution in [3.63, 3.8) is 0 Å². The second kappa shape index (κ2) is 8.32. The molecule has 0 aromatic carbocycles. The van der Waals surface area contributed by atoms with Crippen molar-refractivity contribution in [3.05, 3.63) is 0 Å². The minimum atomic E-state index is -1.42. The van der Waals surface area contributed by atoms with Gasteiger partial charge in [0, 0.05) is 5.92 Å². The molecule has 2 aliphatic heterocycles. The van der Waals surface area contributed by atoms with Gasteiger partial charge in [0.05, 0.1) is 32.0 Å². The first-order valence-corrected chi connectivity index (χ1v) is 7.86. The Hall–Kier alpha value is -0.400. The Morgan fingerprint density at radius 3 is 1.88 bits per heavy atom. The molecule has 0 aliphatic carbocycles. The molecule has 0 spiro atoms. The number of rotatable bonds is 5. The van der Waals surface area contributed by atoms with E-state index in [2.05, 4.69) is 0 Å². The Kier molecular flexibility index (Phi) is 6.90. The van der Waals surface area contributed by atoms with Crippen LogP contribution in [0.25, 0.3) is 0 Å². The second-order valence-electron chi connectivity index (χ2n) is 6.20. The standard InChI is InChI=1S/C14H26O10/c1-5-13(12(21)11(20)8(4-17)22-5)24-14-10(19)6(2-15)9(18)7(3-16)23-14/h5-21H,2-4H2,1H3/t5?,6-,7?,8?,9-,10?,11+,12-,13?,14+/m0/s1. The molecule has 2 rings (SSSR count). The van der Waals surface area contributed by atoms with Crippen LogP contribution in [0.5, 0.6) is 0 Å². The fourth-order valence-electron chi connectivity index (χ4n) is 3.12. The van der Waals surface area contributed by atoms with Crippen molar-refractivity contribution >= 4 is 0 Å². The van der Waals surface area contributed by atoms with Crippen LogP contribution in [0.1, 0.15) is 6.92 Å². The Morgan fingerprint density at radius 2 is 1.33 bits per heavy atom. The third-order valence-corrected chi connectivity index (χ3v) is 4.63. The van der Waals surface area contributed by atoms with Gasteiger partial charge in [0.1, 0.15) is 36.6 Å². The van der Waals surface area contributed by atoms with Crippen LogP contribution in [-0.4, -0.2) is 111 Å². The molecule has 2 aliphatic rings. The summed E-state index contributed by atoms with van der Waals surface area (Å²) in [6.07, 6.45) is -10.7. The summed E-state index contributed by atoms with van der Waals surface area (Å²) in [5, 5.41) is 67.9. The molecule has 0 aromatic rings. The molecular formula is C14H26O10. The molecule has 10 heteroatoms. The lowest BCUT2D eigenvalue weighted by Crippen LogP contribution is -2.63. The van der Waals surface area contributed by atoms with Crippen LogP contribution in [0, 0.1) is 5.92 Å². The maximum Gasteiger partial charge on any atom is 0.185 e. The number of hydrogen-bond acceptors (Lipinski definition) is 10. The fraction of sp³-hybridized carbons (Fsp3) is 1.00. The number of aliphatic hydroxyl groups excluding tert-OH is 7. The van der Waals surface area contributed by atoms with E-state index in [-0.39, 0.29) is 0 Å². The Morgan fingerprint density at radius 1 is 0.750 bits per heavy atom. The second-order valence-corrected chi connectivity index (χ2v) is 6.20. The minimum Gasteiger partial charge on any atom is -0.396 e. The molecule has 0 saturated carbocycles. The first-order chi connectivity index (χ1) is 11.3. The van der Waals surface area contributed by atoms with Crippen LogP contribution in [0.3, 0.4) is 0 Å². The van der Waals surface area contributed by atoms with E-state index >= 15 is 0 Å². The van der Waals surface area contributed by atoms with E-state index in [9.17, 15) is 30.6 Å². The highest BCUT2D eigenvalue weighted by Gasteiger charge is 2.49. The van der Waals surface area contributed by atoms with Crippen molar-refractivity contribution < 1.29 is 50.0 Å². The zero-order valence-electron chi connectivity index (χ0n) is 13.3. The molecule has 24 heavy (non-hydrogen) atoms. The molecule has 2 saturated heterocycles. The first-order valence-electron chi connectivity index (χ1n) is 7.86. The summed E-state index contributed by atoms with van der Waals surface area (Å²) >= 11 is 0. The van der Waals surface area contributed by atoms with E-state index in [1.54, 1.807) is 6.92 Å². The highest BCUT2D eigenvalue weighted by atomic mass is 16.7. The summed E-state index contributed by atoms with van der Waals surface area (Å²) in [5.74, 6) is -1.01. The average molecular weight is 354 g/mol. The largest absolute Gasteiger partial charge is 0.396 e. The summed E-state index contributed by atoms with van der Waals surface area (Å²) in [4.78, 5) is 0. The van der Waals surface area contributed by atoms with E-state index in [0.717, 1.165) is 0 Å². The van der Waals surface area contributed by atoms with Gasteiger partial charge in [-0.25, -0.2) is 0 Å². The predicted octanol–water partition coefficient (Wildman–Crippen LogP) is -4.08. The summed E-state index contributed by atoms with van der Waals surface area (Å²) in [5.41, 5.74) is 0. The smallest absolute Gasteiger partial charge is 0.185 e. The van der Waals surface area contributed by atoms with Gasteiger partial charge in [-0.1, -0.05) is 0 Å². The molecule has 2 fully saturated rings. The predicted molar refractivity (Wildman–Crippen MR) is 76.6 cm³/mol. The number of ether oxygens (including phenoxy) is 3. The van der Waals surface area contributed by atoms with Crippen molar-refractivity contribution in [3.8, 4) is 0 Å². The average Bonchev–Trinajstić information content (AvgIpc) is 2.57. The highest BCUT2D eigenvalue weighted by Crippen LogP contribution is 2.31. The Balaban J connectivity index is 2.10. The normalized spacial score (nSPS) is 50.0. The molecule has 5 unspecified atom stereocenters. The monoisotopic (exact) mass is 354 g/mol. The van der Waals surface area contributed by atoms with Crippen molar-refractivity contribution in [1.29, 1.82) is 0 Å². The zero-order valence-corrected chi connectivity index (χ0v) is 13.3. The maximum atomic E-state index is 10.2. The van der Waals surface area contributed by atoms with E-state index < -0.39 is 80.9 Å². The molecule has 0 aromatic heterocycles. The lowest BCUT2D eigenvalue weighted by Gasteiger charge is -2.46. The molecule has 0 bridgehead atoms.